The van der Waals surface area contributed by atoms with Crippen molar-refractivity contribution in [3.63, 3.8) is 0 Å². The van der Waals surface area contributed by atoms with Gasteiger partial charge in [0.25, 0.3) is 0 Å². The summed E-state index contributed by atoms with van der Waals surface area (Å²) in [5.74, 6) is 0. The highest BCUT2D eigenvalue weighted by Gasteiger charge is 1.97. The van der Waals surface area contributed by atoms with Gasteiger partial charge in [0.1, 0.15) is 5.69 Å². The van der Waals surface area contributed by atoms with Gasteiger partial charge in [-0.15, -0.1) is 11.3 Å². The van der Waals surface area contributed by atoms with Gasteiger partial charge in [-0.3, -0.25) is 5.10 Å². The molecule has 0 unspecified atom stereocenters. The first-order chi connectivity index (χ1) is 4.97. The number of nitrogens with one attached hydrogen (secondary N) is 1. The molecule has 1 N–H and O–H groups in total. The van der Waals surface area contributed by atoms with Crippen LogP contribution in [0.1, 0.15) is 0 Å². The van der Waals surface area contributed by atoms with Crippen LogP contribution in [0.4, 0.5) is 0 Å². The van der Waals surface area contributed by atoms with Crippen molar-refractivity contribution in [3.05, 3.63) is 29.8 Å². The highest BCUT2D eigenvalue weighted by Crippen LogP contribution is 2.20. The molecule has 0 aliphatic carbocycles. The van der Waals surface area contributed by atoms with E-state index in [9.17, 15) is 0 Å². The number of H-pyrrole nitrogens is 1. The fourth-order valence-corrected chi connectivity index (χ4v) is 1.46. The lowest BCUT2D eigenvalue weighted by atomic mass is 10.4. The van der Waals surface area contributed by atoms with Crippen LogP contribution >= 0.6 is 11.3 Å². The van der Waals surface area contributed by atoms with Gasteiger partial charge >= 0.3 is 0 Å². The average molecular weight is 149 g/mol. The summed E-state index contributed by atoms with van der Waals surface area (Å²) in [4.78, 5) is 1.18. The van der Waals surface area contributed by atoms with Gasteiger partial charge in [-0.2, -0.15) is 5.10 Å². The summed E-state index contributed by atoms with van der Waals surface area (Å²) in [5, 5.41) is 8.67. The second-order valence-electron chi connectivity index (χ2n) is 1.87. The Kier molecular flexibility index (Phi) is 1.29. The van der Waals surface area contributed by atoms with Crippen LogP contribution in [0, 0.1) is 6.20 Å². The fourth-order valence-electron chi connectivity index (χ4n) is 0.776. The van der Waals surface area contributed by atoms with Crippen LogP contribution < -0.4 is 0 Å². The van der Waals surface area contributed by atoms with Gasteiger partial charge in [0.15, 0.2) is 0 Å². The van der Waals surface area contributed by atoms with Gasteiger partial charge in [-0.25, -0.2) is 0 Å². The molecule has 2 aromatic rings. The summed E-state index contributed by atoms with van der Waals surface area (Å²) in [6.45, 7) is 0. The Morgan fingerprint density at radius 1 is 1.60 bits per heavy atom. The lowest BCUT2D eigenvalue weighted by Crippen LogP contribution is -1.69. The molecule has 2 aromatic heterocycles. The van der Waals surface area contributed by atoms with Crippen LogP contribution in [0.15, 0.2) is 23.6 Å². The van der Waals surface area contributed by atoms with Gasteiger partial charge < -0.3 is 0 Å². The smallest absolute Gasteiger partial charge is 0.103 e. The van der Waals surface area contributed by atoms with Crippen molar-refractivity contribution in [1.82, 2.24) is 10.2 Å². The molecule has 0 bridgehead atoms. The van der Waals surface area contributed by atoms with E-state index in [1.165, 1.54) is 4.88 Å². The molecule has 2 nitrogen and oxygen atoms in total. The minimum atomic E-state index is 0.968. The molecule has 0 aromatic carbocycles. The van der Waals surface area contributed by atoms with Crippen molar-refractivity contribution < 1.29 is 0 Å². The third-order valence-electron chi connectivity index (χ3n) is 1.22. The van der Waals surface area contributed by atoms with E-state index in [-0.39, 0.29) is 0 Å². The van der Waals surface area contributed by atoms with E-state index in [1.807, 2.05) is 23.6 Å². The van der Waals surface area contributed by atoms with E-state index < -0.39 is 0 Å². The predicted octanol–water partition coefficient (Wildman–Crippen LogP) is 1.94. The minimum Gasteiger partial charge on any atom is -0.276 e. The summed E-state index contributed by atoms with van der Waals surface area (Å²) in [7, 11) is 0. The van der Waals surface area contributed by atoms with E-state index >= 15 is 0 Å². The van der Waals surface area contributed by atoms with Crippen molar-refractivity contribution in [2.75, 3.05) is 0 Å². The summed E-state index contributed by atoms with van der Waals surface area (Å²) < 4.78 is 0. The van der Waals surface area contributed by atoms with E-state index in [2.05, 4.69) is 16.4 Å². The zero-order valence-electron chi connectivity index (χ0n) is 5.16. The Hall–Kier alpha value is -1.09. The first-order valence-electron chi connectivity index (χ1n) is 2.92. The summed E-state index contributed by atoms with van der Waals surface area (Å²) in [5.41, 5.74) is 0.968. The van der Waals surface area contributed by atoms with Crippen molar-refractivity contribution in [2.24, 2.45) is 0 Å². The average Bonchev–Trinajstić information content (AvgIpc) is 2.59. The van der Waals surface area contributed by atoms with Crippen LogP contribution in [-0.2, 0) is 0 Å². The fraction of sp³-hybridized carbons (Fsp3) is 0. The van der Waals surface area contributed by atoms with Gasteiger partial charge in [0.2, 0.25) is 0 Å². The van der Waals surface area contributed by atoms with Crippen molar-refractivity contribution in [1.29, 1.82) is 0 Å². The molecule has 2 rings (SSSR count). The molecule has 49 valence electrons. The third-order valence-corrected chi connectivity index (χ3v) is 2.12. The Morgan fingerprint density at radius 2 is 2.60 bits per heavy atom. The zero-order chi connectivity index (χ0) is 6.81. The Balaban J connectivity index is 2.48. The van der Waals surface area contributed by atoms with Crippen LogP contribution in [0.5, 0.6) is 0 Å². The molecule has 0 fully saturated rings. The van der Waals surface area contributed by atoms with Crippen LogP contribution in [0.25, 0.3) is 10.6 Å². The van der Waals surface area contributed by atoms with E-state index in [4.69, 9.17) is 0 Å². The molecular formula is C7H5N2S. The molecule has 0 amide bonds. The molecule has 0 atom stereocenters. The standard InChI is InChI=1S/C7H5N2S/c1-2-7(10-5-1)6-3-4-8-9-6/h1-3,5H,(H,8,9). The molecule has 10 heavy (non-hydrogen) atoms. The topological polar surface area (TPSA) is 28.7 Å². The number of aromatic amines is 1. The molecule has 2 heterocycles. The number of aromatic nitrogens is 2. The lowest BCUT2D eigenvalue weighted by Gasteiger charge is -1.83. The Morgan fingerprint density at radius 3 is 3.20 bits per heavy atom. The maximum atomic E-state index is 3.99. The van der Waals surface area contributed by atoms with Gasteiger partial charge in [-0.1, -0.05) is 6.07 Å². The summed E-state index contributed by atoms with van der Waals surface area (Å²) >= 11 is 1.68. The van der Waals surface area contributed by atoms with Gasteiger partial charge in [0.05, 0.1) is 11.1 Å². The van der Waals surface area contributed by atoms with Gasteiger partial charge in [0, 0.05) is 0 Å². The molecule has 0 aliphatic heterocycles. The molecule has 0 saturated carbocycles. The summed E-state index contributed by atoms with van der Waals surface area (Å²) in [6, 6.07) is 5.88. The minimum absolute atomic E-state index is 0.968. The normalized spacial score (nSPS) is 10.0. The summed E-state index contributed by atoms with van der Waals surface area (Å²) in [6.07, 6.45) is 2.79. The molecule has 0 aliphatic rings. The largest absolute Gasteiger partial charge is 0.276 e. The van der Waals surface area contributed by atoms with Crippen molar-refractivity contribution in [3.8, 4) is 10.6 Å². The number of thiophene rings is 1. The molecule has 1 radical (unpaired) electrons. The maximum Gasteiger partial charge on any atom is 0.103 e. The van der Waals surface area contributed by atoms with Crippen LogP contribution in [0.2, 0.25) is 0 Å². The van der Waals surface area contributed by atoms with Crippen molar-refractivity contribution in [2.45, 2.75) is 0 Å². The molecule has 0 saturated heterocycles. The van der Waals surface area contributed by atoms with Crippen LogP contribution in [0.3, 0.4) is 0 Å². The third kappa shape index (κ3) is 0.844. The highest BCUT2D eigenvalue weighted by molar-refractivity contribution is 7.13. The number of hydrogen-bond acceptors (Lipinski definition) is 2. The highest BCUT2D eigenvalue weighted by atomic mass is 32.1. The van der Waals surface area contributed by atoms with E-state index in [0.717, 1.165) is 5.69 Å². The van der Waals surface area contributed by atoms with Crippen LogP contribution in [-0.4, -0.2) is 10.2 Å². The zero-order valence-corrected chi connectivity index (χ0v) is 5.98. The molecular weight excluding hydrogens is 144 g/mol. The number of rotatable bonds is 1. The lowest BCUT2D eigenvalue weighted by molar-refractivity contribution is 1.09. The number of nitrogens with zero attached hydrogens (tertiary/aromatic N) is 1. The number of hydrogen-bond donors (Lipinski definition) is 1. The SMILES string of the molecule is [c]1cc(-c2cccs2)n[nH]1. The second kappa shape index (κ2) is 2.27. The first-order valence-corrected chi connectivity index (χ1v) is 3.80. The first kappa shape index (κ1) is 5.68. The molecule has 3 heteroatoms. The monoisotopic (exact) mass is 149 g/mol. The maximum absolute atomic E-state index is 3.99. The van der Waals surface area contributed by atoms with Crippen molar-refractivity contribution >= 4 is 11.3 Å². The molecule has 0 spiro atoms. The second-order valence-corrected chi connectivity index (χ2v) is 2.82. The van der Waals surface area contributed by atoms with Gasteiger partial charge in [-0.05, 0) is 17.5 Å². The van der Waals surface area contributed by atoms with E-state index in [1.54, 1.807) is 11.3 Å². The van der Waals surface area contributed by atoms with E-state index in [0.29, 0.717) is 0 Å². The Labute approximate surface area is 62.5 Å². The predicted molar refractivity (Wildman–Crippen MR) is 40.7 cm³/mol. The Bertz CT molecular complexity index is 251. The quantitative estimate of drug-likeness (QED) is 0.659.